The summed E-state index contributed by atoms with van der Waals surface area (Å²) in [6, 6.07) is -1.02. The first kappa shape index (κ1) is 50.4. The van der Waals surface area contributed by atoms with Gasteiger partial charge in [0.2, 0.25) is 5.91 Å². The molecule has 0 bridgehead atoms. The Bertz CT molecular complexity index is 915. The van der Waals surface area contributed by atoms with Crippen LogP contribution >= 0.6 is 7.82 Å². The number of carbonyl (C=O) groups is 1. The molecular weight excluding hydrogens is 701 g/mol. The summed E-state index contributed by atoms with van der Waals surface area (Å²) < 4.78 is 22.9. The molecule has 1 aliphatic rings. The van der Waals surface area contributed by atoms with Crippen molar-refractivity contribution in [1.82, 2.24) is 5.32 Å². The number of rotatable bonds is 35. The van der Waals surface area contributed by atoms with Gasteiger partial charge in [-0.05, 0) is 12.8 Å². The Morgan fingerprint density at radius 2 is 0.906 bits per heavy atom. The summed E-state index contributed by atoms with van der Waals surface area (Å²) >= 11 is 0. The van der Waals surface area contributed by atoms with Crippen molar-refractivity contribution in [2.75, 3.05) is 6.61 Å². The number of hydrogen-bond acceptors (Lipinski definition) is 10. The predicted octanol–water partition coefficient (Wildman–Crippen LogP) is 7.12. The molecule has 8 N–H and O–H groups in total. The second kappa shape index (κ2) is 31.4. The van der Waals surface area contributed by atoms with Gasteiger partial charge in [0, 0.05) is 6.42 Å². The second-order valence-electron chi connectivity index (χ2n) is 15.6. The molecule has 0 saturated heterocycles. The van der Waals surface area contributed by atoms with Gasteiger partial charge in [0.1, 0.15) is 36.6 Å². The van der Waals surface area contributed by atoms with Crippen LogP contribution < -0.4 is 5.32 Å². The van der Waals surface area contributed by atoms with Crippen LogP contribution in [-0.4, -0.2) is 96.8 Å². The van der Waals surface area contributed by atoms with Gasteiger partial charge in [0.25, 0.3) is 0 Å². The Morgan fingerprint density at radius 1 is 0.566 bits per heavy atom. The zero-order valence-electron chi connectivity index (χ0n) is 33.3. The maximum atomic E-state index is 12.9. The summed E-state index contributed by atoms with van der Waals surface area (Å²) in [4.78, 5) is 23.3. The van der Waals surface area contributed by atoms with E-state index in [9.17, 15) is 44.9 Å². The van der Waals surface area contributed by atoms with E-state index < -0.39 is 63.2 Å². The maximum absolute atomic E-state index is 12.9. The smallest absolute Gasteiger partial charge is 0.391 e. The van der Waals surface area contributed by atoms with Crippen LogP contribution in [-0.2, 0) is 18.4 Å². The van der Waals surface area contributed by atoms with Gasteiger partial charge in [-0.25, -0.2) is 4.57 Å². The Balaban J connectivity index is 2.49. The fourth-order valence-corrected chi connectivity index (χ4v) is 8.05. The van der Waals surface area contributed by atoms with E-state index in [2.05, 4.69) is 19.2 Å². The fraction of sp³-hybridized carbons (Fsp3) is 0.975. The summed E-state index contributed by atoms with van der Waals surface area (Å²) in [5.74, 6) is -0.309. The quantitative estimate of drug-likeness (QED) is 0.0240. The summed E-state index contributed by atoms with van der Waals surface area (Å²) in [5, 5.41) is 63.9. The summed E-state index contributed by atoms with van der Waals surface area (Å²) in [6.45, 7) is 3.86. The molecule has 316 valence electrons. The van der Waals surface area contributed by atoms with Crippen LogP contribution in [0.25, 0.3) is 0 Å². The summed E-state index contributed by atoms with van der Waals surface area (Å²) in [5.41, 5.74) is 0. The number of nitrogens with one attached hydrogen (secondary N) is 1. The Hall–Kier alpha value is -0.660. The predicted molar refractivity (Wildman–Crippen MR) is 209 cm³/mol. The number of carbonyl (C=O) groups excluding carboxylic acids is 1. The summed E-state index contributed by atoms with van der Waals surface area (Å²) in [7, 11) is -5.04. The molecule has 1 rings (SSSR count). The van der Waals surface area contributed by atoms with Gasteiger partial charge in [-0.3, -0.25) is 13.8 Å². The van der Waals surface area contributed by atoms with Crippen LogP contribution in [0.4, 0.5) is 0 Å². The van der Waals surface area contributed by atoms with Crippen molar-refractivity contribution in [2.24, 2.45) is 0 Å². The third-order valence-electron chi connectivity index (χ3n) is 10.7. The van der Waals surface area contributed by atoms with Crippen molar-refractivity contribution in [1.29, 1.82) is 0 Å². The highest BCUT2D eigenvalue weighted by Gasteiger charge is 2.51. The normalized spacial score (nSPS) is 24.2. The van der Waals surface area contributed by atoms with E-state index in [1.165, 1.54) is 116 Å². The lowest BCUT2D eigenvalue weighted by molar-refractivity contribution is -0.220. The molecule has 0 aromatic carbocycles. The lowest BCUT2D eigenvalue weighted by Gasteiger charge is -2.41. The molecule has 1 saturated carbocycles. The van der Waals surface area contributed by atoms with Crippen LogP contribution in [0.3, 0.4) is 0 Å². The first-order chi connectivity index (χ1) is 25.4. The number of aliphatic hydroxyl groups is 6. The lowest BCUT2D eigenvalue weighted by Crippen LogP contribution is -2.64. The molecule has 0 aromatic heterocycles. The SMILES string of the molecule is CCCCCCCCCCCCCCCCCC[C@@H](O)[C@H](COP(=O)(O)OC1C(O)C(O)C(O)[C@@H](O)C1O)NC(=O)CCCCCCCCCCCC. The van der Waals surface area contributed by atoms with Crippen molar-refractivity contribution in [3.63, 3.8) is 0 Å². The van der Waals surface area contributed by atoms with E-state index in [1.54, 1.807) is 0 Å². The number of unbranched alkanes of at least 4 members (excludes halogenated alkanes) is 24. The molecule has 53 heavy (non-hydrogen) atoms. The highest BCUT2D eigenvalue weighted by atomic mass is 31.2. The Labute approximate surface area is 321 Å². The van der Waals surface area contributed by atoms with Crippen molar-refractivity contribution in [2.45, 2.75) is 242 Å². The summed E-state index contributed by atoms with van der Waals surface area (Å²) in [6.07, 6.45) is 18.6. The monoisotopic (exact) mass is 782 g/mol. The molecule has 0 radical (unpaired) electrons. The second-order valence-corrected chi connectivity index (χ2v) is 17.0. The lowest BCUT2D eigenvalue weighted by atomic mass is 9.85. The van der Waals surface area contributed by atoms with Crippen LogP contribution in [0.2, 0.25) is 0 Å². The molecule has 12 nitrogen and oxygen atoms in total. The molecular formula is C40H80NO11P. The molecule has 0 heterocycles. The van der Waals surface area contributed by atoms with Gasteiger partial charge in [0.15, 0.2) is 0 Å². The van der Waals surface area contributed by atoms with Gasteiger partial charge < -0.3 is 40.8 Å². The van der Waals surface area contributed by atoms with Crippen molar-refractivity contribution < 1.29 is 53.9 Å². The minimum Gasteiger partial charge on any atom is -0.391 e. The number of aliphatic hydroxyl groups excluding tert-OH is 6. The van der Waals surface area contributed by atoms with Gasteiger partial charge in [0.05, 0.1) is 18.8 Å². The van der Waals surface area contributed by atoms with Crippen molar-refractivity contribution >= 4 is 13.7 Å². The minimum absolute atomic E-state index is 0.241. The molecule has 0 aromatic rings. The van der Waals surface area contributed by atoms with E-state index >= 15 is 0 Å². The van der Waals surface area contributed by atoms with Crippen molar-refractivity contribution in [3.8, 4) is 0 Å². The van der Waals surface area contributed by atoms with Crippen LogP contribution in [0.15, 0.2) is 0 Å². The van der Waals surface area contributed by atoms with E-state index in [1.807, 2.05) is 0 Å². The molecule has 0 aliphatic heterocycles. The standard InChI is InChI=1S/C40H80NO11P/c1-3-5-7-9-11-13-15-16-17-18-19-20-21-23-25-27-29-33(42)32(41-34(43)30-28-26-24-22-14-12-10-8-6-4-2)31-51-53(49,50)52-40-38(47)36(45)35(44)37(46)39(40)48/h32-33,35-40,42,44-48H,3-31H2,1-2H3,(H,41,43)(H,49,50)/t32-,33+,35?,36+,37?,38?,39?,40?/m0/s1. The van der Waals surface area contributed by atoms with E-state index in [0.717, 1.165) is 38.5 Å². The molecule has 1 fully saturated rings. The Kier molecular flexibility index (Phi) is 29.9. The maximum Gasteiger partial charge on any atom is 0.472 e. The van der Waals surface area contributed by atoms with Gasteiger partial charge in [-0.2, -0.15) is 0 Å². The molecule has 0 spiro atoms. The van der Waals surface area contributed by atoms with Gasteiger partial charge in [-0.1, -0.05) is 174 Å². The van der Waals surface area contributed by atoms with E-state index in [-0.39, 0.29) is 12.3 Å². The number of phosphoric ester groups is 1. The van der Waals surface area contributed by atoms with E-state index in [4.69, 9.17) is 9.05 Å². The molecule has 13 heteroatoms. The number of hydrogen-bond donors (Lipinski definition) is 8. The van der Waals surface area contributed by atoms with Crippen LogP contribution in [0.5, 0.6) is 0 Å². The topological polar surface area (TPSA) is 206 Å². The average molecular weight is 782 g/mol. The van der Waals surface area contributed by atoms with Gasteiger partial charge in [-0.15, -0.1) is 0 Å². The minimum atomic E-state index is -5.04. The Morgan fingerprint density at radius 3 is 1.30 bits per heavy atom. The zero-order valence-corrected chi connectivity index (χ0v) is 34.2. The number of phosphoric acid groups is 1. The number of amides is 1. The molecule has 1 aliphatic carbocycles. The van der Waals surface area contributed by atoms with Gasteiger partial charge >= 0.3 is 7.82 Å². The third kappa shape index (κ3) is 23.9. The highest BCUT2D eigenvalue weighted by molar-refractivity contribution is 7.47. The van der Waals surface area contributed by atoms with E-state index in [0.29, 0.717) is 19.3 Å². The fourth-order valence-electron chi connectivity index (χ4n) is 7.08. The first-order valence-electron chi connectivity index (χ1n) is 21.5. The zero-order chi connectivity index (χ0) is 39.3. The molecule has 9 atom stereocenters. The highest BCUT2D eigenvalue weighted by Crippen LogP contribution is 2.47. The third-order valence-corrected chi connectivity index (χ3v) is 11.7. The largest absolute Gasteiger partial charge is 0.472 e. The molecule has 6 unspecified atom stereocenters. The van der Waals surface area contributed by atoms with Crippen LogP contribution in [0, 0.1) is 0 Å². The molecule has 1 amide bonds. The van der Waals surface area contributed by atoms with Crippen molar-refractivity contribution in [3.05, 3.63) is 0 Å². The van der Waals surface area contributed by atoms with Crippen LogP contribution in [0.1, 0.15) is 194 Å². The first-order valence-corrected chi connectivity index (χ1v) is 23.0. The average Bonchev–Trinajstić information content (AvgIpc) is 3.13.